The normalized spacial score (nSPS) is 16.9. The van der Waals surface area contributed by atoms with Gasteiger partial charge < -0.3 is 19.4 Å². The summed E-state index contributed by atoms with van der Waals surface area (Å²) in [7, 11) is 1.55. The van der Waals surface area contributed by atoms with Crippen LogP contribution < -0.4 is 14.6 Å². The molecule has 26 heavy (non-hydrogen) atoms. The smallest absolute Gasteiger partial charge is 0.266 e. The number of thiocarbonyl (C=S) groups is 1. The maximum absolute atomic E-state index is 12.5. The van der Waals surface area contributed by atoms with Crippen molar-refractivity contribution in [1.82, 2.24) is 4.90 Å². The van der Waals surface area contributed by atoms with E-state index in [1.54, 1.807) is 31.4 Å². The Morgan fingerprint density at radius 3 is 2.77 bits per heavy atom. The molecule has 2 rings (SSSR count). The third-order valence-electron chi connectivity index (χ3n) is 3.79. The number of amides is 1. The van der Waals surface area contributed by atoms with E-state index in [1.165, 1.54) is 6.92 Å². The van der Waals surface area contributed by atoms with Crippen LogP contribution >= 0.6 is 24.0 Å². The molecule has 1 amide bonds. The molecule has 1 atom stereocenters. The first-order valence-corrected chi connectivity index (χ1v) is 9.40. The van der Waals surface area contributed by atoms with Gasteiger partial charge in [-0.1, -0.05) is 43.4 Å². The fraction of sp³-hybridized carbons (Fsp3) is 0.389. The molecule has 0 unspecified atom stereocenters. The molecular weight excluding hydrogens is 374 g/mol. The zero-order chi connectivity index (χ0) is 19.3. The summed E-state index contributed by atoms with van der Waals surface area (Å²) in [5, 5.41) is 11.0. The third-order valence-corrected chi connectivity index (χ3v) is 5.12. The van der Waals surface area contributed by atoms with Crippen molar-refractivity contribution in [2.45, 2.75) is 32.7 Å². The van der Waals surface area contributed by atoms with Crippen molar-refractivity contribution in [2.75, 3.05) is 13.7 Å². The van der Waals surface area contributed by atoms with Crippen molar-refractivity contribution in [3.8, 4) is 11.5 Å². The zero-order valence-electron chi connectivity index (χ0n) is 14.8. The molecule has 1 aliphatic heterocycles. The zero-order valence-corrected chi connectivity index (χ0v) is 16.4. The summed E-state index contributed by atoms with van der Waals surface area (Å²) in [6.07, 6.45) is 3.64. The fourth-order valence-corrected chi connectivity index (χ4v) is 3.71. The van der Waals surface area contributed by atoms with Gasteiger partial charge in [-0.2, -0.15) is 0 Å². The van der Waals surface area contributed by atoms with E-state index in [4.69, 9.17) is 21.7 Å². The van der Waals surface area contributed by atoms with Crippen molar-refractivity contribution < 1.29 is 24.2 Å². The summed E-state index contributed by atoms with van der Waals surface area (Å²) in [5.74, 6) is -0.596. The van der Waals surface area contributed by atoms with Gasteiger partial charge in [0.1, 0.15) is 4.32 Å². The van der Waals surface area contributed by atoms with Gasteiger partial charge in [0.25, 0.3) is 5.91 Å². The molecule has 1 aliphatic rings. The van der Waals surface area contributed by atoms with Gasteiger partial charge in [-0.3, -0.25) is 9.69 Å². The van der Waals surface area contributed by atoms with Crippen molar-refractivity contribution in [1.29, 1.82) is 0 Å². The first kappa shape index (κ1) is 20.3. The average Bonchev–Trinajstić information content (AvgIpc) is 2.88. The molecule has 0 N–H and O–H groups in total. The Morgan fingerprint density at radius 2 is 2.15 bits per heavy atom. The van der Waals surface area contributed by atoms with E-state index in [1.807, 2.05) is 0 Å². The molecular formula is C18H20NO5S2-. The van der Waals surface area contributed by atoms with Gasteiger partial charge in [0, 0.05) is 0 Å². The number of thioether (sulfide) groups is 1. The molecule has 1 fully saturated rings. The predicted molar refractivity (Wildman–Crippen MR) is 103 cm³/mol. The van der Waals surface area contributed by atoms with Gasteiger partial charge in [0.15, 0.2) is 11.5 Å². The number of carboxylic acids is 1. The average molecular weight is 394 g/mol. The highest BCUT2D eigenvalue weighted by atomic mass is 32.2. The minimum absolute atomic E-state index is 0.199. The molecule has 1 aromatic carbocycles. The molecule has 0 radical (unpaired) electrons. The van der Waals surface area contributed by atoms with E-state index < -0.39 is 17.9 Å². The van der Waals surface area contributed by atoms with Gasteiger partial charge >= 0.3 is 0 Å². The summed E-state index contributed by atoms with van der Waals surface area (Å²) in [6.45, 7) is 4.06. The largest absolute Gasteiger partial charge is 0.548 e. The van der Waals surface area contributed by atoms with Crippen LogP contribution in [0.2, 0.25) is 0 Å². The second kappa shape index (κ2) is 9.05. The molecule has 140 valence electrons. The molecule has 0 spiro atoms. The number of nitrogens with zero attached hydrogens (tertiary/aromatic N) is 1. The Kier molecular flexibility index (Phi) is 7.05. The van der Waals surface area contributed by atoms with E-state index in [9.17, 15) is 14.7 Å². The lowest BCUT2D eigenvalue weighted by Gasteiger charge is -2.23. The molecule has 0 aliphatic carbocycles. The highest BCUT2D eigenvalue weighted by molar-refractivity contribution is 8.26. The standard InChI is InChI=1S/C18H21NO5S2/c1-4-5-8-24-13-7-6-12(9-14(13)23-3)10-15-16(20)19(18(25)26-15)11(2)17(21)22/h6-7,9-11H,4-5,8H2,1-3H3,(H,21,22)/p-1/b15-10-/t11-/m1/s1. The van der Waals surface area contributed by atoms with Crippen molar-refractivity contribution in [3.05, 3.63) is 28.7 Å². The number of carboxylic acid groups (broad SMARTS) is 1. The molecule has 1 saturated heterocycles. The summed E-state index contributed by atoms with van der Waals surface area (Å²) in [5.41, 5.74) is 0.728. The van der Waals surface area contributed by atoms with Crippen LogP contribution in [-0.4, -0.2) is 40.9 Å². The molecule has 1 aromatic rings. The first-order chi connectivity index (χ1) is 12.4. The maximum atomic E-state index is 12.5. The number of carbonyl (C=O) groups is 2. The number of benzene rings is 1. The van der Waals surface area contributed by atoms with Crippen molar-refractivity contribution >= 4 is 46.3 Å². The highest BCUT2D eigenvalue weighted by Crippen LogP contribution is 2.35. The molecule has 0 aromatic heterocycles. The quantitative estimate of drug-likeness (QED) is 0.380. The maximum Gasteiger partial charge on any atom is 0.266 e. The monoisotopic (exact) mass is 394 g/mol. The molecule has 0 saturated carbocycles. The Balaban J connectivity index is 2.22. The number of unbranched alkanes of at least 4 members (excludes halogenated alkanes) is 1. The summed E-state index contributed by atoms with van der Waals surface area (Å²) < 4.78 is 11.2. The number of hydrogen-bond acceptors (Lipinski definition) is 7. The minimum atomic E-state index is -1.35. The first-order valence-electron chi connectivity index (χ1n) is 8.17. The number of ether oxygens (including phenoxy) is 2. The Hall–Kier alpha value is -2.06. The van der Waals surface area contributed by atoms with Crippen LogP contribution in [0, 0.1) is 0 Å². The third kappa shape index (κ3) is 4.56. The van der Waals surface area contributed by atoms with Gasteiger partial charge in [0.2, 0.25) is 0 Å². The van der Waals surface area contributed by atoms with E-state index in [2.05, 4.69) is 6.92 Å². The van der Waals surface area contributed by atoms with Crippen molar-refractivity contribution in [2.24, 2.45) is 0 Å². The van der Waals surface area contributed by atoms with E-state index in [-0.39, 0.29) is 4.32 Å². The van der Waals surface area contributed by atoms with Crippen LogP contribution in [0.4, 0.5) is 0 Å². The lowest BCUT2D eigenvalue weighted by Crippen LogP contribution is -2.48. The number of rotatable bonds is 8. The van der Waals surface area contributed by atoms with E-state index >= 15 is 0 Å². The number of aliphatic carboxylic acids is 1. The lowest BCUT2D eigenvalue weighted by atomic mass is 10.1. The highest BCUT2D eigenvalue weighted by Gasteiger charge is 2.35. The van der Waals surface area contributed by atoms with E-state index in [0.29, 0.717) is 23.0 Å². The van der Waals surface area contributed by atoms with E-state index in [0.717, 1.165) is 35.1 Å². The van der Waals surface area contributed by atoms with Crippen LogP contribution in [0.1, 0.15) is 32.3 Å². The Bertz CT molecular complexity index is 747. The SMILES string of the molecule is CCCCOc1ccc(/C=C2\SC(=S)N([C@H](C)C(=O)[O-])C2=O)cc1OC. The number of carbonyl (C=O) groups excluding carboxylic acids is 2. The fourth-order valence-electron chi connectivity index (χ4n) is 2.29. The van der Waals surface area contributed by atoms with Crippen LogP contribution in [0.15, 0.2) is 23.1 Å². The second-order valence-electron chi connectivity index (χ2n) is 5.66. The topological polar surface area (TPSA) is 78.9 Å². The minimum Gasteiger partial charge on any atom is -0.548 e. The van der Waals surface area contributed by atoms with Crippen LogP contribution in [0.25, 0.3) is 6.08 Å². The van der Waals surface area contributed by atoms with Crippen LogP contribution in [0.3, 0.4) is 0 Å². The van der Waals surface area contributed by atoms with Gasteiger partial charge in [-0.25, -0.2) is 0 Å². The van der Waals surface area contributed by atoms with Gasteiger partial charge in [-0.15, -0.1) is 0 Å². The molecule has 1 heterocycles. The lowest BCUT2D eigenvalue weighted by molar-refractivity contribution is -0.309. The predicted octanol–water partition coefficient (Wildman–Crippen LogP) is 2.21. The number of hydrogen-bond donors (Lipinski definition) is 0. The molecule has 0 bridgehead atoms. The summed E-state index contributed by atoms with van der Waals surface area (Å²) in [4.78, 5) is 24.9. The van der Waals surface area contributed by atoms with Gasteiger partial charge in [0.05, 0.1) is 30.6 Å². The van der Waals surface area contributed by atoms with Crippen molar-refractivity contribution in [3.63, 3.8) is 0 Å². The van der Waals surface area contributed by atoms with Gasteiger partial charge in [-0.05, 0) is 37.1 Å². The van der Waals surface area contributed by atoms with Crippen LogP contribution in [0.5, 0.6) is 11.5 Å². The second-order valence-corrected chi connectivity index (χ2v) is 7.33. The van der Waals surface area contributed by atoms with Crippen LogP contribution in [-0.2, 0) is 9.59 Å². The number of methoxy groups -OCH3 is 1. The summed E-state index contributed by atoms with van der Waals surface area (Å²) in [6, 6.07) is 4.23. The molecule has 6 nitrogen and oxygen atoms in total. The molecule has 8 heteroatoms. The Morgan fingerprint density at radius 1 is 1.42 bits per heavy atom. The summed E-state index contributed by atoms with van der Waals surface area (Å²) >= 11 is 6.19. The Labute approximate surface area is 162 Å².